The number of benzene rings is 2. The van der Waals surface area contributed by atoms with Crippen LogP contribution in [0.4, 0.5) is 0 Å². The second kappa shape index (κ2) is 6.70. The van der Waals surface area contributed by atoms with E-state index in [1.165, 1.54) is 5.56 Å². The van der Waals surface area contributed by atoms with Gasteiger partial charge in [-0.3, -0.25) is 4.68 Å². The van der Waals surface area contributed by atoms with Crippen molar-refractivity contribution in [1.82, 2.24) is 14.1 Å². The van der Waals surface area contributed by atoms with Crippen LogP contribution in [0.15, 0.2) is 65.7 Å². The van der Waals surface area contributed by atoms with Crippen LogP contribution in [0.25, 0.3) is 0 Å². The van der Waals surface area contributed by atoms with Crippen molar-refractivity contribution in [2.24, 2.45) is 0 Å². The Morgan fingerprint density at radius 2 is 1.69 bits per heavy atom. The van der Waals surface area contributed by atoms with Gasteiger partial charge in [0, 0.05) is 19.3 Å². The molecule has 1 aliphatic rings. The molecule has 0 saturated carbocycles. The Labute approximate surface area is 153 Å². The van der Waals surface area contributed by atoms with Gasteiger partial charge in [0.05, 0.1) is 12.2 Å². The molecule has 0 unspecified atom stereocenters. The molecule has 134 valence electrons. The van der Waals surface area contributed by atoms with Crippen molar-refractivity contribution in [3.63, 3.8) is 0 Å². The minimum absolute atomic E-state index is 0.299. The fraction of sp³-hybridized carbons (Fsp3) is 0.250. The van der Waals surface area contributed by atoms with Gasteiger partial charge in [0.1, 0.15) is 4.90 Å². The van der Waals surface area contributed by atoms with E-state index in [0.29, 0.717) is 30.2 Å². The maximum atomic E-state index is 13.2. The second-order valence-corrected chi connectivity index (χ2v) is 8.53. The van der Waals surface area contributed by atoms with E-state index in [2.05, 4.69) is 11.2 Å². The van der Waals surface area contributed by atoms with Crippen LogP contribution in [0.2, 0.25) is 0 Å². The highest BCUT2D eigenvalue weighted by atomic mass is 32.2. The monoisotopic (exact) mass is 367 g/mol. The summed E-state index contributed by atoms with van der Waals surface area (Å²) >= 11 is 0. The number of fused-ring (bicyclic) bond motifs is 1. The van der Waals surface area contributed by atoms with E-state index >= 15 is 0 Å². The molecule has 6 heteroatoms. The van der Waals surface area contributed by atoms with E-state index in [1.807, 2.05) is 48.5 Å². The number of aromatic nitrogens is 2. The van der Waals surface area contributed by atoms with Crippen molar-refractivity contribution in [2.75, 3.05) is 6.54 Å². The number of sulfonamides is 1. The van der Waals surface area contributed by atoms with Gasteiger partial charge < -0.3 is 0 Å². The Morgan fingerprint density at radius 1 is 1.00 bits per heavy atom. The predicted octanol–water partition coefficient (Wildman–Crippen LogP) is 2.99. The van der Waals surface area contributed by atoms with E-state index in [4.69, 9.17) is 0 Å². The summed E-state index contributed by atoms with van der Waals surface area (Å²) in [5.41, 5.74) is 3.94. The minimum atomic E-state index is -3.56. The number of hydrogen-bond acceptors (Lipinski definition) is 3. The molecular formula is C20H21N3O2S. The first-order valence-corrected chi connectivity index (χ1v) is 10.1. The van der Waals surface area contributed by atoms with Crippen LogP contribution < -0.4 is 0 Å². The Kier molecular flexibility index (Phi) is 4.38. The van der Waals surface area contributed by atoms with Gasteiger partial charge in [-0.1, -0.05) is 54.6 Å². The van der Waals surface area contributed by atoms with Gasteiger partial charge in [-0.25, -0.2) is 8.42 Å². The van der Waals surface area contributed by atoms with Crippen LogP contribution in [0.1, 0.15) is 22.4 Å². The molecule has 2 aromatic carbocycles. The van der Waals surface area contributed by atoms with Gasteiger partial charge in [-0.2, -0.15) is 9.40 Å². The summed E-state index contributed by atoms with van der Waals surface area (Å²) in [6.45, 7) is 3.23. The molecule has 2 heterocycles. The van der Waals surface area contributed by atoms with Crippen molar-refractivity contribution in [1.29, 1.82) is 0 Å². The predicted molar refractivity (Wildman–Crippen MR) is 100 cm³/mol. The van der Waals surface area contributed by atoms with E-state index in [0.717, 1.165) is 17.5 Å². The average molecular weight is 367 g/mol. The molecule has 0 saturated heterocycles. The highest BCUT2D eigenvalue weighted by Gasteiger charge is 2.30. The average Bonchev–Trinajstić information content (AvgIpc) is 3.03. The maximum absolute atomic E-state index is 13.2. The molecule has 0 fully saturated rings. The summed E-state index contributed by atoms with van der Waals surface area (Å²) in [6.07, 6.45) is 2.39. The summed E-state index contributed by atoms with van der Waals surface area (Å²) in [5.74, 6) is 0. The fourth-order valence-electron chi connectivity index (χ4n) is 3.42. The number of hydrogen-bond donors (Lipinski definition) is 0. The van der Waals surface area contributed by atoms with Gasteiger partial charge in [0.15, 0.2) is 0 Å². The molecule has 0 bridgehead atoms. The summed E-state index contributed by atoms with van der Waals surface area (Å²) in [7, 11) is -3.56. The highest BCUT2D eigenvalue weighted by Crippen LogP contribution is 2.26. The highest BCUT2D eigenvalue weighted by molar-refractivity contribution is 7.89. The zero-order chi connectivity index (χ0) is 18.1. The van der Waals surface area contributed by atoms with Gasteiger partial charge in [0.2, 0.25) is 10.0 Å². The third kappa shape index (κ3) is 3.18. The molecule has 1 aromatic heterocycles. The van der Waals surface area contributed by atoms with Gasteiger partial charge >= 0.3 is 0 Å². The van der Waals surface area contributed by atoms with Crippen molar-refractivity contribution in [2.45, 2.75) is 31.3 Å². The van der Waals surface area contributed by atoms with Gasteiger partial charge in [-0.05, 0) is 30.0 Å². The molecule has 0 N–H and O–H groups in total. The summed E-state index contributed by atoms with van der Waals surface area (Å²) in [5, 5.41) is 4.42. The van der Waals surface area contributed by atoms with Crippen molar-refractivity contribution < 1.29 is 8.42 Å². The summed E-state index contributed by atoms with van der Waals surface area (Å²) in [6, 6.07) is 17.9. The van der Waals surface area contributed by atoms with Crippen LogP contribution in [0, 0.1) is 6.92 Å². The number of rotatable bonds is 4. The first kappa shape index (κ1) is 17.0. The fourth-order valence-corrected chi connectivity index (χ4v) is 5.01. The first-order valence-electron chi connectivity index (χ1n) is 8.69. The topological polar surface area (TPSA) is 55.2 Å². The Hall–Kier alpha value is -2.44. The van der Waals surface area contributed by atoms with Gasteiger partial charge in [0.25, 0.3) is 0 Å². The largest absolute Gasteiger partial charge is 0.267 e. The maximum Gasteiger partial charge on any atom is 0.246 e. The van der Waals surface area contributed by atoms with Crippen LogP contribution in [-0.4, -0.2) is 29.0 Å². The van der Waals surface area contributed by atoms with E-state index in [-0.39, 0.29) is 0 Å². The van der Waals surface area contributed by atoms with Crippen molar-refractivity contribution >= 4 is 10.0 Å². The molecule has 0 radical (unpaired) electrons. The molecule has 26 heavy (non-hydrogen) atoms. The molecule has 0 aliphatic carbocycles. The minimum Gasteiger partial charge on any atom is -0.267 e. The second-order valence-electron chi connectivity index (χ2n) is 6.62. The molecule has 1 aliphatic heterocycles. The van der Waals surface area contributed by atoms with E-state index in [1.54, 1.807) is 22.1 Å². The van der Waals surface area contributed by atoms with Crippen LogP contribution in [-0.2, 0) is 29.5 Å². The lowest BCUT2D eigenvalue weighted by Gasteiger charge is -2.27. The third-order valence-corrected chi connectivity index (χ3v) is 6.75. The molecule has 5 nitrogen and oxygen atoms in total. The van der Waals surface area contributed by atoms with Crippen molar-refractivity contribution in [3.05, 3.63) is 83.2 Å². The van der Waals surface area contributed by atoms with Crippen LogP contribution in [0.5, 0.6) is 0 Å². The zero-order valence-corrected chi connectivity index (χ0v) is 15.5. The molecule has 0 amide bonds. The Bertz CT molecular complexity index is 1030. The number of nitrogens with zero attached hydrogens (tertiary/aromatic N) is 3. The summed E-state index contributed by atoms with van der Waals surface area (Å²) < 4.78 is 29.6. The Balaban J connectivity index is 1.61. The molecular weight excluding hydrogens is 346 g/mol. The lowest BCUT2D eigenvalue weighted by Crippen LogP contribution is -2.36. The smallest absolute Gasteiger partial charge is 0.246 e. The molecule has 0 spiro atoms. The molecule has 4 rings (SSSR count). The SMILES string of the molecule is Cc1nn(Cc2ccccc2)cc1S(=O)(=O)N1CCc2ccccc2C1. The van der Waals surface area contributed by atoms with Crippen molar-refractivity contribution in [3.8, 4) is 0 Å². The quantitative estimate of drug-likeness (QED) is 0.712. The molecule has 0 atom stereocenters. The van der Waals surface area contributed by atoms with E-state index < -0.39 is 10.0 Å². The molecule has 3 aromatic rings. The normalized spacial score (nSPS) is 15.0. The van der Waals surface area contributed by atoms with E-state index in [9.17, 15) is 8.42 Å². The van der Waals surface area contributed by atoms with Crippen LogP contribution >= 0.6 is 0 Å². The lowest BCUT2D eigenvalue weighted by molar-refractivity contribution is 0.391. The summed E-state index contributed by atoms with van der Waals surface area (Å²) in [4.78, 5) is 0.299. The zero-order valence-electron chi connectivity index (χ0n) is 14.7. The first-order chi connectivity index (χ1) is 12.5. The standard InChI is InChI=1S/C20H21N3O2S/c1-16-20(15-22(21-16)13-17-7-3-2-4-8-17)26(24,25)23-12-11-18-9-5-6-10-19(18)14-23/h2-10,15H,11-14H2,1H3. The van der Waals surface area contributed by atoms with Gasteiger partial charge in [-0.15, -0.1) is 0 Å². The Morgan fingerprint density at radius 3 is 2.46 bits per heavy atom. The number of aryl methyl sites for hydroxylation is 1. The lowest BCUT2D eigenvalue weighted by atomic mass is 10.0. The van der Waals surface area contributed by atoms with Crippen LogP contribution in [0.3, 0.4) is 0 Å². The third-order valence-electron chi connectivity index (χ3n) is 4.80.